The molecule has 4 nitrogen and oxygen atoms in total. The van der Waals surface area contributed by atoms with E-state index < -0.39 is 0 Å². The van der Waals surface area contributed by atoms with E-state index in [1.54, 1.807) is 0 Å². The summed E-state index contributed by atoms with van der Waals surface area (Å²) < 4.78 is 5.79. The molecule has 0 aliphatic heterocycles. The van der Waals surface area contributed by atoms with Gasteiger partial charge in [-0.15, -0.1) is 0 Å². The predicted molar refractivity (Wildman–Crippen MR) is 70.7 cm³/mol. The van der Waals surface area contributed by atoms with Crippen LogP contribution in [0.2, 0.25) is 0 Å². The van der Waals surface area contributed by atoms with E-state index in [4.69, 9.17) is 4.74 Å². The first kappa shape index (κ1) is 13.7. The van der Waals surface area contributed by atoms with E-state index in [2.05, 4.69) is 29.1 Å². The maximum Gasteiger partial charge on any atom is 0.219 e. The van der Waals surface area contributed by atoms with Gasteiger partial charge in [-0.3, -0.25) is 0 Å². The van der Waals surface area contributed by atoms with Crippen LogP contribution in [-0.4, -0.2) is 22.1 Å². The number of aromatic nitrogens is 2. The highest BCUT2D eigenvalue weighted by Gasteiger charge is 2.15. The Morgan fingerprint density at radius 3 is 2.41 bits per heavy atom. The highest BCUT2D eigenvalue weighted by atomic mass is 16.5. The molecule has 0 unspecified atom stereocenters. The molecule has 0 saturated carbocycles. The molecule has 0 aromatic carbocycles. The van der Waals surface area contributed by atoms with Crippen molar-refractivity contribution in [2.45, 2.75) is 53.1 Å². The van der Waals surface area contributed by atoms with Crippen molar-refractivity contribution in [1.29, 1.82) is 0 Å². The number of hydrogen-bond acceptors (Lipinski definition) is 4. The van der Waals surface area contributed by atoms with Crippen LogP contribution in [0.1, 0.15) is 53.3 Å². The molecule has 0 spiro atoms. The number of nitrogens with one attached hydrogen (secondary N) is 1. The van der Waals surface area contributed by atoms with E-state index >= 15 is 0 Å². The van der Waals surface area contributed by atoms with Gasteiger partial charge in [-0.2, -0.15) is 4.98 Å². The standard InChI is InChI=1S/C13H23N3O/c1-7-14-10-8-11(17-13(4,5)6)16-12(15-10)9(2)3/h8-9H,7H2,1-6H3,(H,14,15,16). The summed E-state index contributed by atoms with van der Waals surface area (Å²) in [4.78, 5) is 8.88. The van der Waals surface area contributed by atoms with Crippen LogP contribution in [0.25, 0.3) is 0 Å². The average molecular weight is 237 g/mol. The SMILES string of the molecule is CCNc1cc(OC(C)(C)C)nc(C(C)C)n1. The van der Waals surface area contributed by atoms with Gasteiger partial charge >= 0.3 is 0 Å². The van der Waals surface area contributed by atoms with Crippen LogP contribution in [0.4, 0.5) is 5.82 Å². The molecular formula is C13H23N3O. The van der Waals surface area contributed by atoms with Gasteiger partial charge in [0.1, 0.15) is 17.2 Å². The quantitative estimate of drug-likeness (QED) is 0.873. The smallest absolute Gasteiger partial charge is 0.219 e. The molecule has 4 heteroatoms. The maximum absolute atomic E-state index is 5.79. The van der Waals surface area contributed by atoms with Gasteiger partial charge in [0.15, 0.2) is 0 Å². The zero-order valence-corrected chi connectivity index (χ0v) is 11.7. The Kier molecular flexibility index (Phi) is 4.32. The normalized spacial score (nSPS) is 11.7. The third kappa shape index (κ3) is 4.59. The molecule has 0 saturated heterocycles. The van der Waals surface area contributed by atoms with Crippen LogP contribution in [0.5, 0.6) is 5.88 Å². The number of rotatable bonds is 4. The van der Waals surface area contributed by atoms with Crippen LogP contribution in [0.3, 0.4) is 0 Å². The lowest BCUT2D eigenvalue weighted by Gasteiger charge is -2.21. The lowest BCUT2D eigenvalue weighted by Crippen LogP contribution is -2.24. The number of anilines is 1. The fraction of sp³-hybridized carbons (Fsp3) is 0.692. The molecule has 0 atom stereocenters. The number of ether oxygens (including phenoxy) is 1. The molecule has 1 aromatic heterocycles. The van der Waals surface area contributed by atoms with Crippen molar-refractivity contribution in [3.05, 3.63) is 11.9 Å². The predicted octanol–water partition coefficient (Wildman–Crippen LogP) is 3.21. The van der Waals surface area contributed by atoms with Crippen LogP contribution < -0.4 is 10.1 Å². The largest absolute Gasteiger partial charge is 0.472 e. The fourth-order valence-electron chi connectivity index (χ4n) is 1.34. The van der Waals surface area contributed by atoms with E-state index in [1.165, 1.54) is 0 Å². The molecule has 96 valence electrons. The molecule has 0 aliphatic rings. The first-order chi connectivity index (χ1) is 7.81. The molecule has 0 bridgehead atoms. The minimum atomic E-state index is -0.244. The lowest BCUT2D eigenvalue weighted by atomic mass is 10.2. The first-order valence-electron chi connectivity index (χ1n) is 6.13. The summed E-state index contributed by atoms with van der Waals surface area (Å²) in [7, 11) is 0. The monoisotopic (exact) mass is 237 g/mol. The van der Waals surface area contributed by atoms with Crippen molar-refractivity contribution in [2.24, 2.45) is 0 Å². The second kappa shape index (κ2) is 5.34. The van der Waals surface area contributed by atoms with Crippen molar-refractivity contribution in [1.82, 2.24) is 9.97 Å². The minimum absolute atomic E-state index is 0.244. The lowest BCUT2D eigenvalue weighted by molar-refractivity contribution is 0.123. The van der Waals surface area contributed by atoms with Crippen molar-refractivity contribution in [3.63, 3.8) is 0 Å². The average Bonchev–Trinajstić information content (AvgIpc) is 2.14. The van der Waals surface area contributed by atoms with Gasteiger partial charge in [0.05, 0.1) is 0 Å². The van der Waals surface area contributed by atoms with Gasteiger partial charge in [-0.25, -0.2) is 4.98 Å². The summed E-state index contributed by atoms with van der Waals surface area (Å²) >= 11 is 0. The molecule has 0 amide bonds. The summed E-state index contributed by atoms with van der Waals surface area (Å²) in [6, 6.07) is 1.85. The Morgan fingerprint density at radius 1 is 1.29 bits per heavy atom. The molecule has 1 rings (SSSR count). The second-order valence-electron chi connectivity index (χ2n) is 5.35. The fourth-order valence-corrected chi connectivity index (χ4v) is 1.34. The molecule has 1 heterocycles. The van der Waals surface area contributed by atoms with Crippen LogP contribution in [0.15, 0.2) is 6.07 Å². The molecule has 1 aromatic rings. The summed E-state index contributed by atoms with van der Waals surface area (Å²) in [5.41, 5.74) is -0.244. The Morgan fingerprint density at radius 2 is 1.94 bits per heavy atom. The molecule has 0 radical (unpaired) electrons. The Hall–Kier alpha value is -1.32. The van der Waals surface area contributed by atoms with Gasteiger partial charge in [-0.05, 0) is 27.7 Å². The Bertz CT molecular complexity index is 369. The molecule has 1 N–H and O–H groups in total. The zero-order chi connectivity index (χ0) is 13.1. The summed E-state index contributed by atoms with van der Waals surface area (Å²) in [6.45, 7) is 13.1. The summed E-state index contributed by atoms with van der Waals surface area (Å²) in [5.74, 6) is 2.55. The van der Waals surface area contributed by atoms with Crippen molar-refractivity contribution < 1.29 is 4.74 Å². The van der Waals surface area contributed by atoms with Gasteiger partial charge in [0.2, 0.25) is 5.88 Å². The third-order valence-corrected chi connectivity index (χ3v) is 2.00. The number of nitrogens with zero attached hydrogens (tertiary/aromatic N) is 2. The topological polar surface area (TPSA) is 47.0 Å². The first-order valence-corrected chi connectivity index (χ1v) is 6.13. The van der Waals surface area contributed by atoms with Crippen LogP contribution in [-0.2, 0) is 0 Å². The third-order valence-electron chi connectivity index (χ3n) is 2.00. The second-order valence-corrected chi connectivity index (χ2v) is 5.35. The molecule has 0 aliphatic carbocycles. The van der Waals surface area contributed by atoms with E-state index in [1.807, 2.05) is 33.8 Å². The van der Waals surface area contributed by atoms with E-state index in [-0.39, 0.29) is 11.5 Å². The van der Waals surface area contributed by atoms with Gasteiger partial charge < -0.3 is 10.1 Å². The molecular weight excluding hydrogens is 214 g/mol. The molecule has 0 fully saturated rings. The Balaban J connectivity index is 3.03. The van der Waals surface area contributed by atoms with E-state index in [0.29, 0.717) is 5.88 Å². The van der Waals surface area contributed by atoms with Gasteiger partial charge in [0.25, 0.3) is 0 Å². The maximum atomic E-state index is 5.79. The minimum Gasteiger partial charge on any atom is -0.472 e. The van der Waals surface area contributed by atoms with Crippen LogP contribution >= 0.6 is 0 Å². The number of hydrogen-bond donors (Lipinski definition) is 1. The zero-order valence-electron chi connectivity index (χ0n) is 11.7. The van der Waals surface area contributed by atoms with Gasteiger partial charge in [-0.1, -0.05) is 13.8 Å². The van der Waals surface area contributed by atoms with E-state index in [9.17, 15) is 0 Å². The van der Waals surface area contributed by atoms with E-state index in [0.717, 1.165) is 18.2 Å². The summed E-state index contributed by atoms with van der Waals surface area (Å²) in [6.07, 6.45) is 0. The summed E-state index contributed by atoms with van der Waals surface area (Å²) in [5, 5.41) is 3.20. The van der Waals surface area contributed by atoms with Crippen molar-refractivity contribution in [2.75, 3.05) is 11.9 Å². The molecule has 17 heavy (non-hydrogen) atoms. The Labute approximate surface area is 104 Å². The van der Waals surface area contributed by atoms with Crippen molar-refractivity contribution in [3.8, 4) is 5.88 Å². The van der Waals surface area contributed by atoms with Crippen molar-refractivity contribution >= 4 is 5.82 Å². The highest BCUT2D eigenvalue weighted by Crippen LogP contribution is 2.21. The highest BCUT2D eigenvalue weighted by molar-refractivity contribution is 5.38. The van der Waals surface area contributed by atoms with Gasteiger partial charge in [0, 0.05) is 18.5 Å². The van der Waals surface area contributed by atoms with Crippen LogP contribution in [0, 0.1) is 0 Å².